The zero-order valence-corrected chi connectivity index (χ0v) is 24.3. The van der Waals surface area contributed by atoms with Crippen LogP contribution >= 0.6 is 0 Å². The summed E-state index contributed by atoms with van der Waals surface area (Å²) in [5.41, 5.74) is 11.7. The van der Waals surface area contributed by atoms with Gasteiger partial charge in [0.15, 0.2) is 0 Å². The number of amides is 4. The first kappa shape index (κ1) is 35.5. The Balaban J connectivity index is 2.98. The third-order valence-corrected chi connectivity index (χ3v) is 6.57. The van der Waals surface area contributed by atoms with Crippen molar-refractivity contribution in [1.29, 1.82) is 0 Å². The minimum absolute atomic E-state index is 0.0553. The number of carbonyl (C=O) groups is 5. The molecule has 1 heterocycles. The fraction of sp³-hybridized carbons (Fsp3) is 0.704. The van der Waals surface area contributed by atoms with Crippen LogP contribution in [0.4, 0.5) is 0 Å². The average molecular weight is 581 g/mol. The van der Waals surface area contributed by atoms with Gasteiger partial charge in [0.05, 0.1) is 12.9 Å². The summed E-state index contributed by atoms with van der Waals surface area (Å²) in [5.74, 6) is -3.15. The molecule has 0 aliphatic carbocycles. The van der Waals surface area contributed by atoms with Crippen molar-refractivity contribution in [1.82, 2.24) is 30.8 Å². The van der Waals surface area contributed by atoms with Crippen LogP contribution in [0.1, 0.15) is 76.8 Å². The standard InChI is InChI=1S/C27H48N8O6/c1-3-4-5-12-24(37)35(2)17-23(36)32-22(15-19-16-30-18-31-19)26(39)33-20(10-6-8-13-28)25(38)34-21(27(40)41)11-7-9-14-29/h16,18,20-22H,3-15,17,28-29H2,1-2H3,(H,30,31)(H,32,36)(H,33,39)(H,34,38)(H,40,41)/t20-,21-,22-/m0/s1. The molecule has 4 amide bonds. The fourth-order valence-corrected chi connectivity index (χ4v) is 4.14. The number of aromatic nitrogens is 2. The maximum atomic E-state index is 13.4. The topological polar surface area (TPSA) is 226 Å². The lowest BCUT2D eigenvalue weighted by molar-refractivity contribution is -0.142. The molecule has 0 aromatic carbocycles. The van der Waals surface area contributed by atoms with Crippen molar-refractivity contribution in [3.8, 4) is 0 Å². The van der Waals surface area contributed by atoms with Crippen LogP contribution in [-0.2, 0) is 30.4 Å². The Labute approximate surface area is 241 Å². The van der Waals surface area contributed by atoms with E-state index in [0.717, 1.165) is 19.3 Å². The first-order chi connectivity index (χ1) is 19.6. The van der Waals surface area contributed by atoms with Gasteiger partial charge in [0.25, 0.3) is 0 Å². The quantitative estimate of drug-likeness (QED) is 0.0899. The van der Waals surface area contributed by atoms with Crippen molar-refractivity contribution in [3.05, 3.63) is 18.2 Å². The summed E-state index contributed by atoms with van der Waals surface area (Å²) in [5, 5.41) is 17.4. The van der Waals surface area contributed by atoms with Crippen LogP contribution in [0.3, 0.4) is 0 Å². The molecule has 0 bridgehead atoms. The van der Waals surface area contributed by atoms with Gasteiger partial charge in [-0.1, -0.05) is 19.8 Å². The summed E-state index contributed by atoms with van der Waals surface area (Å²) in [6.45, 7) is 2.60. The van der Waals surface area contributed by atoms with Gasteiger partial charge in [-0.05, 0) is 58.0 Å². The molecule has 232 valence electrons. The molecular weight excluding hydrogens is 532 g/mol. The highest BCUT2D eigenvalue weighted by Gasteiger charge is 2.30. The molecule has 0 saturated carbocycles. The Morgan fingerprint density at radius 2 is 1.51 bits per heavy atom. The van der Waals surface area contributed by atoms with E-state index < -0.39 is 41.8 Å². The Kier molecular flexibility index (Phi) is 17.6. The van der Waals surface area contributed by atoms with E-state index in [-0.39, 0.29) is 31.7 Å². The number of carboxylic acid groups (broad SMARTS) is 1. The number of nitrogens with two attached hydrogens (primary N) is 2. The first-order valence-corrected chi connectivity index (χ1v) is 14.4. The zero-order chi connectivity index (χ0) is 30.6. The first-order valence-electron chi connectivity index (χ1n) is 14.4. The minimum atomic E-state index is -1.18. The van der Waals surface area contributed by atoms with Gasteiger partial charge in [-0.2, -0.15) is 0 Å². The summed E-state index contributed by atoms with van der Waals surface area (Å²) in [4.78, 5) is 71.6. The third kappa shape index (κ3) is 14.6. The van der Waals surface area contributed by atoms with E-state index in [1.165, 1.54) is 24.5 Å². The van der Waals surface area contributed by atoms with Crippen LogP contribution in [0.2, 0.25) is 0 Å². The maximum absolute atomic E-state index is 13.4. The highest BCUT2D eigenvalue weighted by molar-refractivity contribution is 5.94. The molecule has 0 aliphatic heterocycles. The van der Waals surface area contributed by atoms with E-state index in [9.17, 15) is 29.1 Å². The molecule has 0 saturated heterocycles. The molecule has 0 radical (unpaired) electrons. The molecule has 0 aliphatic rings. The molecule has 0 unspecified atom stereocenters. The highest BCUT2D eigenvalue weighted by Crippen LogP contribution is 2.08. The van der Waals surface area contributed by atoms with E-state index in [1.54, 1.807) is 0 Å². The number of aliphatic carboxylic acids is 1. The number of hydrogen-bond donors (Lipinski definition) is 7. The number of hydrogen-bond acceptors (Lipinski definition) is 8. The van der Waals surface area contributed by atoms with E-state index in [0.29, 0.717) is 50.9 Å². The van der Waals surface area contributed by atoms with Crippen molar-refractivity contribution < 1.29 is 29.1 Å². The number of carboxylic acids is 1. The lowest BCUT2D eigenvalue weighted by Gasteiger charge is -2.25. The van der Waals surface area contributed by atoms with Gasteiger partial charge >= 0.3 is 5.97 Å². The van der Waals surface area contributed by atoms with Gasteiger partial charge < -0.3 is 42.4 Å². The van der Waals surface area contributed by atoms with Gasteiger partial charge in [0, 0.05) is 31.8 Å². The van der Waals surface area contributed by atoms with Crippen molar-refractivity contribution in [2.75, 3.05) is 26.7 Å². The fourth-order valence-electron chi connectivity index (χ4n) is 4.14. The average Bonchev–Trinajstić information content (AvgIpc) is 3.44. The van der Waals surface area contributed by atoms with Crippen molar-refractivity contribution in [2.45, 2.75) is 95.7 Å². The molecule has 1 aromatic heterocycles. The van der Waals surface area contributed by atoms with Crippen LogP contribution in [0.25, 0.3) is 0 Å². The number of nitrogens with zero attached hydrogens (tertiary/aromatic N) is 2. The molecule has 1 rings (SSSR count). The number of unbranched alkanes of at least 4 members (excludes halogenated alkanes) is 4. The minimum Gasteiger partial charge on any atom is -0.480 e. The lowest BCUT2D eigenvalue weighted by Crippen LogP contribution is -2.57. The zero-order valence-electron chi connectivity index (χ0n) is 24.3. The lowest BCUT2D eigenvalue weighted by atomic mass is 10.0. The number of H-pyrrole nitrogens is 1. The Morgan fingerprint density at radius 3 is 2.07 bits per heavy atom. The highest BCUT2D eigenvalue weighted by atomic mass is 16.4. The second-order valence-corrected chi connectivity index (χ2v) is 10.1. The molecule has 9 N–H and O–H groups in total. The number of imidazole rings is 1. The molecule has 3 atom stereocenters. The van der Waals surface area contributed by atoms with Crippen molar-refractivity contribution in [2.24, 2.45) is 11.5 Å². The van der Waals surface area contributed by atoms with Crippen LogP contribution in [0, 0.1) is 0 Å². The summed E-state index contributed by atoms with van der Waals surface area (Å²) < 4.78 is 0. The second kappa shape index (κ2) is 20.4. The molecule has 14 heteroatoms. The summed E-state index contributed by atoms with van der Waals surface area (Å²) >= 11 is 0. The maximum Gasteiger partial charge on any atom is 0.326 e. The van der Waals surface area contributed by atoms with E-state index in [2.05, 4.69) is 25.9 Å². The van der Waals surface area contributed by atoms with Crippen molar-refractivity contribution in [3.63, 3.8) is 0 Å². The van der Waals surface area contributed by atoms with Gasteiger partial charge in [-0.3, -0.25) is 19.2 Å². The third-order valence-electron chi connectivity index (χ3n) is 6.57. The van der Waals surface area contributed by atoms with Gasteiger partial charge in [-0.25, -0.2) is 9.78 Å². The number of aromatic amines is 1. The predicted octanol–water partition coefficient (Wildman–Crippen LogP) is -0.212. The summed E-state index contributed by atoms with van der Waals surface area (Å²) in [7, 11) is 1.53. The number of nitrogens with one attached hydrogen (secondary N) is 4. The van der Waals surface area contributed by atoms with E-state index >= 15 is 0 Å². The molecule has 0 fully saturated rings. The number of carbonyl (C=O) groups excluding carboxylic acids is 4. The van der Waals surface area contributed by atoms with Crippen LogP contribution in [0.15, 0.2) is 12.5 Å². The Morgan fingerprint density at radius 1 is 0.902 bits per heavy atom. The SMILES string of the molecule is CCCCCC(=O)N(C)CC(=O)N[C@@H](Cc1cnc[nH]1)C(=O)N[C@@H](CCCCN)C(=O)N[C@@H](CCCCN)C(=O)O. The van der Waals surface area contributed by atoms with E-state index in [4.69, 9.17) is 11.5 Å². The van der Waals surface area contributed by atoms with Crippen LogP contribution < -0.4 is 27.4 Å². The van der Waals surface area contributed by atoms with Crippen LogP contribution in [0.5, 0.6) is 0 Å². The second-order valence-electron chi connectivity index (χ2n) is 10.1. The Bertz CT molecular complexity index is 942. The van der Waals surface area contributed by atoms with Crippen molar-refractivity contribution >= 4 is 29.6 Å². The summed E-state index contributed by atoms with van der Waals surface area (Å²) in [6, 6.07) is -3.26. The predicted molar refractivity (Wildman–Crippen MR) is 153 cm³/mol. The normalized spacial score (nSPS) is 13.1. The number of rotatable bonds is 22. The molecule has 1 aromatic rings. The van der Waals surface area contributed by atoms with Gasteiger partial charge in [-0.15, -0.1) is 0 Å². The smallest absolute Gasteiger partial charge is 0.326 e. The number of likely N-dealkylation sites (N-methyl/N-ethyl adjacent to an activating group) is 1. The van der Waals surface area contributed by atoms with E-state index in [1.807, 2.05) is 6.92 Å². The molecule has 41 heavy (non-hydrogen) atoms. The van der Waals surface area contributed by atoms with Gasteiger partial charge in [0.1, 0.15) is 18.1 Å². The summed E-state index contributed by atoms with van der Waals surface area (Å²) in [6.07, 6.45) is 8.64. The van der Waals surface area contributed by atoms with Crippen LogP contribution in [-0.4, -0.2) is 94.4 Å². The molecular formula is C27H48N8O6. The van der Waals surface area contributed by atoms with Gasteiger partial charge in [0.2, 0.25) is 23.6 Å². The largest absolute Gasteiger partial charge is 0.480 e. The molecule has 14 nitrogen and oxygen atoms in total. The Hall–Kier alpha value is -3.52. The molecule has 0 spiro atoms. The monoisotopic (exact) mass is 580 g/mol.